The van der Waals surface area contributed by atoms with E-state index in [4.69, 9.17) is 16.3 Å². The fourth-order valence-electron chi connectivity index (χ4n) is 2.09. The summed E-state index contributed by atoms with van der Waals surface area (Å²) in [5, 5.41) is 6.19. The quantitative estimate of drug-likeness (QED) is 0.790. The van der Waals surface area contributed by atoms with Crippen molar-refractivity contribution < 1.29 is 9.53 Å². The van der Waals surface area contributed by atoms with Gasteiger partial charge in [0.1, 0.15) is 5.75 Å². The van der Waals surface area contributed by atoms with Crippen LogP contribution in [0.4, 0.5) is 4.79 Å². The molecule has 0 saturated carbocycles. The first kappa shape index (κ1) is 17.2. The summed E-state index contributed by atoms with van der Waals surface area (Å²) in [4.78, 5) is 11.7. The molecule has 0 radical (unpaired) electrons. The Balaban J connectivity index is 1.67. The summed E-state index contributed by atoms with van der Waals surface area (Å²) in [6.07, 6.45) is 0.752. The molecule has 0 aromatic heterocycles. The normalized spacial score (nSPS) is 10.2. The van der Waals surface area contributed by atoms with Crippen LogP contribution in [0.25, 0.3) is 0 Å². The first-order valence-electron chi connectivity index (χ1n) is 7.51. The van der Waals surface area contributed by atoms with Crippen LogP contribution >= 0.6 is 11.6 Å². The lowest BCUT2D eigenvalue weighted by molar-refractivity contribution is 0.224. The minimum atomic E-state index is -0.246. The molecule has 0 fully saturated rings. The Labute approximate surface area is 141 Å². The third-order valence-electron chi connectivity index (χ3n) is 3.63. The van der Waals surface area contributed by atoms with Crippen LogP contribution in [0.2, 0.25) is 5.02 Å². The Morgan fingerprint density at radius 2 is 1.83 bits per heavy atom. The van der Waals surface area contributed by atoms with Gasteiger partial charge in [-0.15, -0.1) is 0 Å². The van der Waals surface area contributed by atoms with Crippen molar-refractivity contribution in [2.24, 2.45) is 0 Å². The zero-order valence-corrected chi connectivity index (χ0v) is 14.1. The molecule has 2 N–H and O–H groups in total. The van der Waals surface area contributed by atoms with Gasteiger partial charge in [0, 0.05) is 11.6 Å². The Kier molecular flexibility index (Phi) is 6.29. The number of halogens is 1. The number of benzene rings is 2. The number of urea groups is 1. The van der Waals surface area contributed by atoms with E-state index < -0.39 is 0 Å². The van der Waals surface area contributed by atoms with Crippen molar-refractivity contribution in [2.75, 3.05) is 13.3 Å². The minimum Gasteiger partial charge on any atom is -0.473 e. The van der Waals surface area contributed by atoms with E-state index in [9.17, 15) is 4.79 Å². The van der Waals surface area contributed by atoms with Gasteiger partial charge < -0.3 is 15.4 Å². The molecule has 23 heavy (non-hydrogen) atoms. The zero-order valence-electron chi connectivity index (χ0n) is 13.4. The summed E-state index contributed by atoms with van der Waals surface area (Å²) in [6, 6.07) is 13.2. The number of amides is 2. The van der Waals surface area contributed by atoms with Crippen molar-refractivity contribution >= 4 is 17.6 Å². The molecule has 0 aliphatic carbocycles. The van der Waals surface area contributed by atoms with Crippen LogP contribution in [-0.2, 0) is 6.42 Å². The molecular formula is C18H21ClN2O2. The standard InChI is InChI=1S/C18H21ClN2O2/c1-13-4-3-5-17(14(13)2)23-12-21-18(22)20-11-10-15-6-8-16(19)9-7-15/h3-9H,10-12H2,1-2H3,(H2,20,21,22). The average Bonchev–Trinajstić information content (AvgIpc) is 2.53. The molecule has 0 saturated heterocycles. The molecule has 0 atom stereocenters. The summed E-state index contributed by atoms with van der Waals surface area (Å²) in [5.74, 6) is 0.784. The van der Waals surface area contributed by atoms with Gasteiger partial charge in [-0.1, -0.05) is 35.9 Å². The van der Waals surface area contributed by atoms with Gasteiger partial charge in [-0.2, -0.15) is 0 Å². The number of hydrogen-bond acceptors (Lipinski definition) is 2. The second-order valence-electron chi connectivity index (χ2n) is 5.30. The number of hydrogen-bond donors (Lipinski definition) is 2. The summed E-state index contributed by atoms with van der Waals surface area (Å²) in [7, 11) is 0. The lowest BCUT2D eigenvalue weighted by atomic mass is 10.1. The highest BCUT2D eigenvalue weighted by Gasteiger charge is 2.03. The minimum absolute atomic E-state index is 0.136. The van der Waals surface area contributed by atoms with Gasteiger partial charge in [0.05, 0.1) is 0 Å². The average molecular weight is 333 g/mol. The van der Waals surface area contributed by atoms with E-state index in [1.807, 2.05) is 56.3 Å². The van der Waals surface area contributed by atoms with Gasteiger partial charge in [0.15, 0.2) is 6.73 Å². The number of aryl methyl sites for hydroxylation is 1. The smallest absolute Gasteiger partial charge is 0.317 e. The monoisotopic (exact) mass is 332 g/mol. The van der Waals surface area contributed by atoms with Crippen molar-refractivity contribution in [3.63, 3.8) is 0 Å². The first-order valence-corrected chi connectivity index (χ1v) is 7.89. The second-order valence-corrected chi connectivity index (χ2v) is 5.73. The van der Waals surface area contributed by atoms with Crippen LogP contribution < -0.4 is 15.4 Å². The molecule has 0 aliphatic rings. The summed E-state index contributed by atoms with van der Waals surface area (Å²) < 4.78 is 5.58. The predicted octanol–water partition coefficient (Wildman–Crippen LogP) is 3.84. The molecule has 0 bridgehead atoms. The van der Waals surface area contributed by atoms with E-state index in [-0.39, 0.29) is 12.8 Å². The Morgan fingerprint density at radius 3 is 2.57 bits per heavy atom. The molecule has 0 unspecified atom stereocenters. The maximum Gasteiger partial charge on any atom is 0.317 e. The topological polar surface area (TPSA) is 50.4 Å². The molecule has 2 aromatic rings. The molecule has 2 rings (SSSR count). The van der Waals surface area contributed by atoms with Crippen LogP contribution in [0.1, 0.15) is 16.7 Å². The molecule has 0 spiro atoms. The number of carbonyl (C=O) groups excluding carboxylic acids is 1. The van der Waals surface area contributed by atoms with Crippen LogP contribution in [-0.4, -0.2) is 19.3 Å². The third-order valence-corrected chi connectivity index (χ3v) is 3.88. The lowest BCUT2D eigenvalue weighted by Gasteiger charge is -2.12. The van der Waals surface area contributed by atoms with Gasteiger partial charge >= 0.3 is 6.03 Å². The molecule has 0 aliphatic heterocycles. The highest BCUT2D eigenvalue weighted by molar-refractivity contribution is 6.30. The Bertz CT molecular complexity index is 657. The van der Waals surface area contributed by atoms with E-state index in [1.54, 1.807) is 0 Å². The van der Waals surface area contributed by atoms with E-state index in [1.165, 1.54) is 0 Å². The summed E-state index contributed by atoms with van der Waals surface area (Å²) >= 11 is 5.83. The van der Waals surface area contributed by atoms with Crippen LogP contribution in [0, 0.1) is 13.8 Å². The summed E-state index contributed by atoms with van der Waals surface area (Å²) in [5.41, 5.74) is 3.37. The number of ether oxygens (including phenoxy) is 1. The molecule has 5 heteroatoms. The lowest BCUT2D eigenvalue weighted by Crippen LogP contribution is -2.38. The highest BCUT2D eigenvalue weighted by Crippen LogP contribution is 2.19. The van der Waals surface area contributed by atoms with Crippen LogP contribution in [0.3, 0.4) is 0 Å². The highest BCUT2D eigenvalue weighted by atomic mass is 35.5. The molecular weight excluding hydrogens is 312 g/mol. The van der Waals surface area contributed by atoms with E-state index in [2.05, 4.69) is 10.6 Å². The SMILES string of the molecule is Cc1cccc(OCNC(=O)NCCc2ccc(Cl)cc2)c1C. The Hall–Kier alpha value is -2.20. The molecule has 4 nitrogen and oxygen atoms in total. The molecule has 122 valence electrons. The second kappa shape index (κ2) is 8.44. The Morgan fingerprint density at radius 1 is 1.09 bits per heavy atom. The van der Waals surface area contributed by atoms with Crippen molar-refractivity contribution in [1.29, 1.82) is 0 Å². The van der Waals surface area contributed by atoms with E-state index in [0.29, 0.717) is 11.6 Å². The van der Waals surface area contributed by atoms with Crippen LogP contribution in [0.15, 0.2) is 42.5 Å². The molecule has 2 amide bonds. The number of nitrogens with one attached hydrogen (secondary N) is 2. The largest absolute Gasteiger partial charge is 0.473 e. The third kappa shape index (κ3) is 5.49. The van der Waals surface area contributed by atoms with E-state index in [0.717, 1.165) is 28.9 Å². The van der Waals surface area contributed by atoms with E-state index >= 15 is 0 Å². The van der Waals surface area contributed by atoms with Crippen molar-refractivity contribution in [2.45, 2.75) is 20.3 Å². The molecule has 2 aromatic carbocycles. The zero-order chi connectivity index (χ0) is 16.7. The van der Waals surface area contributed by atoms with Gasteiger partial charge in [0.2, 0.25) is 0 Å². The van der Waals surface area contributed by atoms with Crippen molar-refractivity contribution in [3.8, 4) is 5.75 Å². The molecule has 0 heterocycles. The summed E-state index contributed by atoms with van der Waals surface area (Å²) in [6.45, 7) is 4.71. The first-order chi connectivity index (χ1) is 11.1. The van der Waals surface area contributed by atoms with Gasteiger partial charge in [-0.05, 0) is 55.2 Å². The fraction of sp³-hybridized carbons (Fsp3) is 0.278. The van der Waals surface area contributed by atoms with Crippen molar-refractivity contribution in [3.05, 3.63) is 64.2 Å². The predicted molar refractivity (Wildman–Crippen MR) is 93.1 cm³/mol. The maximum absolute atomic E-state index is 11.7. The van der Waals surface area contributed by atoms with Gasteiger partial charge in [-0.3, -0.25) is 0 Å². The number of carbonyl (C=O) groups is 1. The van der Waals surface area contributed by atoms with Gasteiger partial charge in [-0.25, -0.2) is 4.79 Å². The van der Waals surface area contributed by atoms with Crippen LogP contribution in [0.5, 0.6) is 5.75 Å². The number of rotatable bonds is 6. The van der Waals surface area contributed by atoms with Crippen molar-refractivity contribution in [1.82, 2.24) is 10.6 Å². The maximum atomic E-state index is 11.7. The fourth-order valence-corrected chi connectivity index (χ4v) is 2.22. The van der Waals surface area contributed by atoms with Gasteiger partial charge in [0.25, 0.3) is 0 Å².